The molecule has 2 heterocycles. The molecule has 4 rings (SSSR count). The number of fused-ring (bicyclic) bond motifs is 1. The average molecular weight is 390 g/mol. The van der Waals surface area contributed by atoms with Crippen molar-refractivity contribution in [2.75, 3.05) is 25.1 Å². The lowest BCUT2D eigenvalue weighted by atomic mass is 9.95. The summed E-state index contributed by atoms with van der Waals surface area (Å²) in [5.41, 5.74) is 4.03. The molecule has 0 saturated carbocycles. The van der Waals surface area contributed by atoms with Gasteiger partial charge in [0.25, 0.3) is 5.88 Å². The monoisotopic (exact) mass is 390 g/mol. The number of hydrogen-bond acceptors (Lipinski definition) is 5. The molecule has 2 aromatic carbocycles. The number of aromatic nitrogens is 2. The first-order valence-electron chi connectivity index (χ1n) is 10.0. The summed E-state index contributed by atoms with van der Waals surface area (Å²) >= 11 is 0. The molecule has 150 valence electrons. The normalized spacial score (nSPS) is 14.8. The standard InChI is InChI=1S/C23H26N4O2/c1-16-7-3-4-8-18(16)15-24-22(28)17-11-13-27(14-12-17)21-23(29-2)26-20-10-6-5-9-19(20)25-21/h3-10,17H,11-15H2,1-2H3,(H,24,28). The van der Waals surface area contributed by atoms with Gasteiger partial charge in [0.15, 0.2) is 5.82 Å². The number of methoxy groups -OCH3 is 1. The van der Waals surface area contributed by atoms with E-state index in [0.717, 1.165) is 48.3 Å². The number of carbonyl (C=O) groups excluding carboxylic acids is 1. The van der Waals surface area contributed by atoms with Gasteiger partial charge >= 0.3 is 0 Å². The summed E-state index contributed by atoms with van der Waals surface area (Å²) in [5, 5.41) is 3.10. The molecular formula is C23H26N4O2. The van der Waals surface area contributed by atoms with Crippen molar-refractivity contribution in [3.63, 3.8) is 0 Å². The Labute approximate surface area is 170 Å². The van der Waals surface area contributed by atoms with Crippen LogP contribution in [-0.2, 0) is 11.3 Å². The van der Waals surface area contributed by atoms with Crippen molar-refractivity contribution < 1.29 is 9.53 Å². The minimum Gasteiger partial charge on any atom is -0.478 e. The zero-order chi connectivity index (χ0) is 20.2. The van der Waals surface area contributed by atoms with Gasteiger partial charge in [-0.05, 0) is 43.0 Å². The van der Waals surface area contributed by atoms with E-state index in [0.29, 0.717) is 12.4 Å². The van der Waals surface area contributed by atoms with Crippen molar-refractivity contribution >= 4 is 22.8 Å². The molecule has 1 N–H and O–H groups in total. The molecule has 29 heavy (non-hydrogen) atoms. The van der Waals surface area contributed by atoms with Crippen LogP contribution in [0.5, 0.6) is 5.88 Å². The lowest BCUT2D eigenvalue weighted by molar-refractivity contribution is -0.125. The Balaban J connectivity index is 1.40. The highest BCUT2D eigenvalue weighted by atomic mass is 16.5. The van der Waals surface area contributed by atoms with Crippen molar-refractivity contribution in [1.82, 2.24) is 15.3 Å². The summed E-state index contributed by atoms with van der Waals surface area (Å²) in [7, 11) is 1.62. The lowest BCUT2D eigenvalue weighted by Crippen LogP contribution is -2.41. The van der Waals surface area contributed by atoms with Crippen molar-refractivity contribution in [3.05, 3.63) is 59.7 Å². The highest BCUT2D eigenvalue weighted by Crippen LogP contribution is 2.30. The summed E-state index contributed by atoms with van der Waals surface area (Å²) in [6, 6.07) is 15.9. The van der Waals surface area contributed by atoms with Gasteiger partial charge in [0.1, 0.15) is 0 Å². The molecule has 6 heteroatoms. The Hall–Kier alpha value is -3.15. The van der Waals surface area contributed by atoms with Crippen LogP contribution in [0.3, 0.4) is 0 Å². The fourth-order valence-electron chi connectivity index (χ4n) is 3.81. The SMILES string of the molecule is COc1nc2ccccc2nc1N1CCC(C(=O)NCc2ccccc2C)CC1. The maximum Gasteiger partial charge on any atom is 0.257 e. The van der Waals surface area contributed by atoms with Gasteiger partial charge in [-0.2, -0.15) is 0 Å². The first-order valence-corrected chi connectivity index (χ1v) is 10.0. The number of hydrogen-bond donors (Lipinski definition) is 1. The Morgan fingerprint density at radius 1 is 1.07 bits per heavy atom. The van der Waals surface area contributed by atoms with E-state index in [1.54, 1.807) is 7.11 Å². The number of ether oxygens (including phenoxy) is 1. The minimum atomic E-state index is 0.0229. The van der Waals surface area contributed by atoms with Gasteiger partial charge in [-0.3, -0.25) is 4.79 Å². The second-order valence-electron chi connectivity index (χ2n) is 7.45. The first-order chi connectivity index (χ1) is 14.2. The van der Waals surface area contributed by atoms with E-state index in [4.69, 9.17) is 9.72 Å². The van der Waals surface area contributed by atoms with Crippen LogP contribution >= 0.6 is 0 Å². The maximum absolute atomic E-state index is 12.6. The van der Waals surface area contributed by atoms with Crippen molar-refractivity contribution in [1.29, 1.82) is 0 Å². The minimum absolute atomic E-state index is 0.0229. The number of benzene rings is 2. The molecule has 0 bridgehead atoms. The fraction of sp³-hybridized carbons (Fsp3) is 0.348. The number of carbonyl (C=O) groups is 1. The molecule has 1 aliphatic heterocycles. The zero-order valence-electron chi connectivity index (χ0n) is 16.9. The maximum atomic E-state index is 12.6. The van der Waals surface area contributed by atoms with Crippen LogP contribution in [0, 0.1) is 12.8 Å². The Morgan fingerprint density at radius 2 is 1.72 bits per heavy atom. The summed E-state index contributed by atoms with van der Waals surface area (Å²) < 4.78 is 5.49. The summed E-state index contributed by atoms with van der Waals surface area (Å²) in [4.78, 5) is 24.2. The number of nitrogens with zero attached hydrogens (tertiary/aromatic N) is 3. The van der Waals surface area contributed by atoms with Gasteiger partial charge in [-0.15, -0.1) is 0 Å². The highest BCUT2D eigenvalue weighted by Gasteiger charge is 2.27. The van der Waals surface area contributed by atoms with Crippen LogP contribution < -0.4 is 15.0 Å². The predicted molar refractivity (Wildman–Crippen MR) is 114 cm³/mol. The topological polar surface area (TPSA) is 67.4 Å². The molecule has 1 aromatic heterocycles. The van der Waals surface area contributed by atoms with Gasteiger partial charge in [0, 0.05) is 25.6 Å². The third-order valence-electron chi connectivity index (χ3n) is 5.59. The van der Waals surface area contributed by atoms with Crippen LogP contribution in [0.15, 0.2) is 48.5 Å². The van der Waals surface area contributed by atoms with Crippen molar-refractivity contribution in [2.24, 2.45) is 5.92 Å². The highest BCUT2D eigenvalue weighted by molar-refractivity contribution is 5.79. The zero-order valence-corrected chi connectivity index (χ0v) is 16.9. The number of aryl methyl sites for hydroxylation is 1. The molecule has 6 nitrogen and oxygen atoms in total. The average Bonchev–Trinajstić information content (AvgIpc) is 2.77. The van der Waals surface area contributed by atoms with Crippen LogP contribution in [0.4, 0.5) is 5.82 Å². The molecule has 0 atom stereocenters. The summed E-state index contributed by atoms with van der Waals surface area (Å²) in [6.45, 7) is 4.16. The molecule has 1 fully saturated rings. The first kappa shape index (κ1) is 19.2. The van der Waals surface area contributed by atoms with Crippen LogP contribution in [0.2, 0.25) is 0 Å². The Kier molecular flexibility index (Phi) is 5.60. The van der Waals surface area contributed by atoms with E-state index in [1.165, 1.54) is 5.56 Å². The molecular weight excluding hydrogens is 364 g/mol. The summed E-state index contributed by atoms with van der Waals surface area (Å²) in [5.74, 6) is 1.44. The Bertz CT molecular complexity index is 1010. The largest absolute Gasteiger partial charge is 0.478 e. The third-order valence-corrected chi connectivity index (χ3v) is 5.59. The second-order valence-corrected chi connectivity index (χ2v) is 7.45. The lowest BCUT2D eigenvalue weighted by Gasteiger charge is -2.32. The van der Waals surface area contributed by atoms with Crippen molar-refractivity contribution in [3.8, 4) is 5.88 Å². The van der Waals surface area contributed by atoms with E-state index >= 15 is 0 Å². The van der Waals surface area contributed by atoms with Crippen LogP contribution in [-0.4, -0.2) is 36.1 Å². The number of anilines is 1. The van der Waals surface area contributed by atoms with E-state index in [2.05, 4.69) is 34.3 Å². The van der Waals surface area contributed by atoms with Crippen LogP contribution in [0.25, 0.3) is 11.0 Å². The van der Waals surface area contributed by atoms with Gasteiger partial charge in [-0.25, -0.2) is 9.97 Å². The molecule has 0 spiro atoms. The number of nitrogens with one attached hydrogen (secondary N) is 1. The number of amides is 1. The molecule has 0 aliphatic carbocycles. The van der Waals surface area contributed by atoms with E-state index in [-0.39, 0.29) is 11.8 Å². The smallest absolute Gasteiger partial charge is 0.257 e. The van der Waals surface area contributed by atoms with E-state index in [1.807, 2.05) is 36.4 Å². The Morgan fingerprint density at radius 3 is 2.41 bits per heavy atom. The van der Waals surface area contributed by atoms with Crippen LogP contribution in [0.1, 0.15) is 24.0 Å². The van der Waals surface area contributed by atoms with Crippen molar-refractivity contribution in [2.45, 2.75) is 26.3 Å². The third kappa shape index (κ3) is 4.16. The summed E-state index contributed by atoms with van der Waals surface area (Å²) in [6.07, 6.45) is 1.58. The number of piperidine rings is 1. The molecule has 1 aliphatic rings. The van der Waals surface area contributed by atoms with Gasteiger partial charge in [0.2, 0.25) is 5.91 Å². The number of rotatable bonds is 5. The molecule has 0 radical (unpaired) electrons. The molecule has 1 amide bonds. The van der Waals surface area contributed by atoms with E-state index < -0.39 is 0 Å². The molecule has 0 unspecified atom stereocenters. The second kappa shape index (κ2) is 8.47. The van der Waals surface area contributed by atoms with Gasteiger partial charge < -0.3 is 15.0 Å². The number of para-hydroxylation sites is 2. The quantitative estimate of drug-likeness (QED) is 0.722. The van der Waals surface area contributed by atoms with E-state index in [9.17, 15) is 4.79 Å². The molecule has 1 saturated heterocycles. The van der Waals surface area contributed by atoms with Gasteiger partial charge in [0.05, 0.1) is 18.1 Å². The molecule has 3 aromatic rings. The fourth-order valence-corrected chi connectivity index (χ4v) is 3.81. The predicted octanol–water partition coefficient (Wildman–Crippen LogP) is 3.48. The van der Waals surface area contributed by atoms with Gasteiger partial charge in [-0.1, -0.05) is 36.4 Å².